The fourth-order valence-electron chi connectivity index (χ4n) is 2.14. The molecule has 0 aliphatic carbocycles. The Bertz CT molecular complexity index is 389. The van der Waals surface area contributed by atoms with Crippen LogP contribution in [0.1, 0.15) is 32.8 Å². The van der Waals surface area contributed by atoms with Crippen LogP contribution in [0.4, 0.5) is 10.1 Å². The first-order valence-corrected chi connectivity index (χ1v) is 7.17. The van der Waals surface area contributed by atoms with E-state index >= 15 is 0 Å². The number of hydrogen-bond acceptors (Lipinski definition) is 3. The molecule has 0 fully saturated rings. The summed E-state index contributed by atoms with van der Waals surface area (Å²) < 4.78 is 18.8. The highest BCUT2D eigenvalue weighted by Gasteiger charge is 2.10. The first-order valence-electron chi connectivity index (χ1n) is 7.17. The van der Waals surface area contributed by atoms with Crippen LogP contribution in [0.3, 0.4) is 0 Å². The topological polar surface area (TPSA) is 41.5 Å². The highest BCUT2D eigenvalue weighted by Crippen LogP contribution is 2.13. The van der Waals surface area contributed by atoms with Gasteiger partial charge in [0.15, 0.2) is 0 Å². The summed E-state index contributed by atoms with van der Waals surface area (Å²) in [6, 6.07) is 4.73. The van der Waals surface area contributed by atoms with Crippen LogP contribution >= 0.6 is 0 Å². The molecule has 2 N–H and O–H groups in total. The van der Waals surface area contributed by atoms with Gasteiger partial charge < -0.3 is 15.2 Å². The van der Waals surface area contributed by atoms with E-state index in [1.807, 2.05) is 19.9 Å². The van der Waals surface area contributed by atoms with Crippen molar-refractivity contribution in [2.24, 2.45) is 5.92 Å². The molecule has 0 saturated heterocycles. The molecule has 20 heavy (non-hydrogen) atoms. The Hall–Kier alpha value is -1.13. The predicted octanol–water partition coefficient (Wildman–Crippen LogP) is 3.36. The summed E-state index contributed by atoms with van der Waals surface area (Å²) in [6.45, 7) is 8.76. The number of aliphatic hydroxyl groups is 1. The first-order chi connectivity index (χ1) is 9.36. The number of nitrogens with one attached hydrogen (secondary N) is 1. The van der Waals surface area contributed by atoms with Crippen molar-refractivity contribution in [2.45, 2.75) is 46.3 Å². The standard InChI is InChI=1S/C16H26FNO2/c1-11(2)5-13(4)20-10-16(19)9-18-15-7-12(3)6-14(17)8-15/h6-8,11,13,16,18-19H,5,9-10H2,1-4H3. The number of anilines is 1. The number of hydrogen-bond donors (Lipinski definition) is 2. The van der Waals surface area contributed by atoms with Crippen LogP contribution in [0.5, 0.6) is 0 Å². The van der Waals surface area contributed by atoms with Crippen LogP contribution < -0.4 is 5.32 Å². The Morgan fingerprint density at radius 3 is 2.55 bits per heavy atom. The van der Waals surface area contributed by atoms with Crippen molar-refractivity contribution in [2.75, 3.05) is 18.5 Å². The van der Waals surface area contributed by atoms with Gasteiger partial charge in [0.2, 0.25) is 0 Å². The molecule has 2 atom stereocenters. The molecule has 1 aromatic carbocycles. The van der Waals surface area contributed by atoms with E-state index in [9.17, 15) is 9.50 Å². The minimum Gasteiger partial charge on any atom is -0.389 e. The summed E-state index contributed by atoms with van der Waals surface area (Å²) in [7, 11) is 0. The Balaban J connectivity index is 2.30. The van der Waals surface area contributed by atoms with E-state index < -0.39 is 6.10 Å². The molecular weight excluding hydrogens is 257 g/mol. The van der Waals surface area contributed by atoms with E-state index in [0.717, 1.165) is 12.0 Å². The molecule has 0 radical (unpaired) electrons. The van der Waals surface area contributed by atoms with Gasteiger partial charge in [0, 0.05) is 12.2 Å². The molecule has 0 aliphatic rings. The highest BCUT2D eigenvalue weighted by molar-refractivity contribution is 5.46. The fourth-order valence-corrected chi connectivity index (χ4v) is 2.14. The summed E-state index contributed by atoms with van der Waals surface area (Å²) in [5.74, 6) is 0.305. The number of aryl methyl sites for hydroxylation is 1. The molecule has 2 unspecified atom stereocenters. The zero-order chi connectivity index (χ0) is 15.1. The second-order valence-corrected chi connectivity index (χ2v) is 5.83. The number of benzene rings is 1. The van der Waals surface area contributed by atoms with Crippen LogP contribution in [0.2, 0.25) is 0 Å². The third-order valence-electron chi connectivity index (χ3n) is 2.96. The van der Waals surface area contributed by atoms with E-state index in [-0.39, 0.29) is 18.5 Å². The molecule has 0 spiro atoms. The maximum absolute atomic E-state index is 13.2. The van der Waals surface area contributed by atoms with Gasteiger partial charge >= 0.3 is 0 Å². The molecule has 0 heterocycles. The lowest BCUT2D eigenvalue weighted by Crippen LogP contribution is -2.27. The van der Waals surface area contributed by atoms with E-state index in [0.29, 0.717) is 18.2 Å². The maximum Gasteiger partial charge on any atom is 0.125 e. The Morgan fingerprint density at radius 2 is 1.95 bits per heavy atom. The molecule has 0 amide bonds. The largest absolute Gasteiger partial charge is 0.389 e. The summed E-state index contributed by atoms with van der Waals surface area (Å²) in [4.78, 5) is 0. The molecule has 0 bridgehead atoms. The van der Waals surface area contributed by atoms with E-state index in [1.165, 1.54) is 12.1 Å². The normalized spacial score (nSPS) is 14.3. The van der Waals surface area contributed by atoms with Crippen molar-refractivity contribution in [1.82, 2.24) is 0 Å². The SMILES string of the molecule is Cc1cc(F)cc(NCC(O)COC(C)CC(C)C)c1. The lowest BCUT2D eigenvalue weighted by molar-refractivity contribution is -0.00443. The average molecular weight is 283 g/mol. The molecular formula is C16H26FNO2. The van der Waals surface area contributed by atoms with E-state index in [4.69, 9.17) is 4.74 Å². The van der Waals surface area contributed by atoms with Crippen molar-refractivity contribution in [3.8, 4) is 0 Å². The van der Waals surface area contributed by atoms with Gasteiger partial charge in [-0.2, -0.15) is 0 Å². The number of ether oxygens (including phenoxy) is 1. The van der Waals surface area contributed by atoms with Gasteiger partial charge in [-0.1, -0.05) is 13.8 Å². The maximum atomic E-state index is 13.2. The van der Waals surface area contributed by atoms with Gasteiger partial charge in [0.25, 0.3) is 0 Å². The van der Waals surface area contributed by atoms with E-state index in [2.05, 4.69) is 19.2 Å². The molecule has 0 saturated carbocycles. The molecule has 3 nitrogen and oxygen atoms in total. The molecule has 114 valence electrons. The summed E-state index contributed by atoms with van der Waals surface area (Å²) in [5.41, 5.74) is 1.53. The van der Waals surface area contributed by atoms with Crippen molar-refractivity contribution >= 4 is 5.69 Å². The van der Waals surface area contributed by atoms with Crippen LogP contribution in [0.15, 0.2) is 18.2 Å². The van der Waals surface area contributed by atoms with Crippen LogP contribution in [0, 0.1) is 18.7 Å². The molecule has 1 rings (SSSR count). The monoisotopic (exact) mass is 283 g/mol. The Kier molecular flexibility index (Phi) is 6.96. The van der Waals surface area contributed by atoms with Crippen molar-refractivity contribution in [1.29, 1.82) is 0 Å². The summed E-state index contributed by atoms with van der Waals surface area (Å²) in [6.07, 6.45) is 0.512. The number of rotatable bonds is 8. The third-order valence-corrected chi connectivity index (χ3v) is 2.96. The summed E-state index contributed by atoms with van der Waals surface area (Å²) in [5, 5.41) is 12.9. The van der Waals surface area contributed by atoms with Crippen molar-refractivity contribution < 1.29 is 14.2 Å². The highest BCUT2D eigenvalue weighted by atomic mass is 19.1. The third kappa shape index (κ3) is 6.87. The van der Waals surface area contributed by atoms with Crippen LogP contribution in [-0.4, -0.2) is 30.5 Å². The Morgan fingerprint density at radius 1 is 1.25 bits per heavy atom. The lowest BCUT2D eigenvalue weighted by atomic mass is 10.1. The van der Waals surface area contributed by atoms with Crippen molar-refractivity contribution in [3.05, 3.63) is 29.6 Å². The fraction of sp³-hybridized carbons (Fsp3) is 0.625. The van der Waals surface area contributed by atoms with Gasteiger partial charge in [-0.15, -0.1) is 0 Å². The smallest absolute Gasteiger partial charge is 0.125 e. The first kappa shape index (κ1) is 16.9. The predicted molar refractivity (Wildman–Crippen MR) is 80.5 cm³/mol. The molecule has 0 aliphatic heterocycles. The molecule has 4 heteroatoms. The van der Waals surface area contributed by atoms with E-state index in [1.54, 1.807) is 0 Å². The van der Waals surface area contributed by atoms with Gasteiger partial charge in [-0.25, -0.2) is 4.39 Å². The Labute approximate surface area is 121 Å². The minimum atomic E-state index is -0.604. The lowest BCUT2D eigenvalue weighted by Gasteiger charge is -2.18. The average Bonchev–Trinajstić information content (AvgIpc) is 2.32. The van der Waals surface area contributed by atoms with Gasteiger partial charge in [0.1, 0.15) is 5.82 Å². The second-order valence-electron chi connectivity index (χ2n) is 5.83. The zero-order valence-corrected chi connectivity index (χ0v) is 12.8. The van der Waals surface area contributed by atoms with Crippen LogP contribution in [0.25, 0.3) is 0 Å². The zero-order valence-electron chi connectivity index (χ0n) is 12.8. The molecule has 1 aromatic rings. The quantitative estimate of drug-likeness (QED) is 0.768. The van der Waals surface area contributed by atoms with Gasteiger partial charge in [-0.3, -0.25) is 0 Å². The minimum absolute atomic E-state index is 0.140. The van der Waals surface area contributed by atoms with Gasteiger partial charge in [-0.05, 0) is 49.9 Å². The second kappa shape index (κ2) is 8.22. The number of aliphatic hydroxyl groups excluding tert-OH is 1. The van der Waals surface area contributed by atoms with Crippen LogP contribution in [-0.2, 0) is 4.74 Å². The molecule has 0 aromatic heterocycles. The summed E-state index contributed by atoms with van der Waals surface area (Å²) >= 11 is 0. The van der Waals surface area contributed by atoms with Crippen molar-refractivity contribution in [3.63, 3.8) is 0 Å². The van der Waals surface area contributed by atoms with Gasteiger partial charge in [0.05, 0.1) is 18.8 Å². The number of halogens is 1.